The lowest BCUT2D eigenvalue weighted by Crippen LogP contribution is -2.28. The van der Waals surface area contributed by atoms with Crippen LogP contribution in [-0.2, 0) is 9.53 Å². The highest BCUT2D eigenvalue weighted by atomic mass is 16.5. The molecule has 0 heterocycles. The zero-order valence-corrected chi connectivity index (χ0v) is 13.8. The predicted octanol–water partition coefficient (Wildman–Crippen LogP) is 1.35. The van der Waals surface area contributed by atoms with Crippen LogP contribution in [0.2, 0.25) is 0 Å². The fraction of sp³-hybridized carbons (Fsp3) is 0.412. The van der Waals surface area contributed by atoms with Gasteiger partial charge in [0.15, 0.2) is 0 Å². The highest BCUT2D eigenvalue weighted by molar-refractivity contribution is 5.93. The zero-order valence-electron chi connectivity index (χ0n) is 13.8. The number of rotatable bonds is 8. The molecule has 6 heteroatoms. The smallest absolute Gasteiger partial charge is 0.248 e. The first-order valence-corrected chi connectivity index (χ1v) is 7.40. The van der Waals surface area contributed by atoms with Crippen molar-refractivity contribution in [3.8, 4) is 17.6 Å². The quantitative estimate of drug-likeness (QED) is 0.559. The van der Waals surface area contributed by atoms with Crippen LogP contribution in [0.1, 0.15) is 31.1 Å². The Morgan fingerprint density at radius 2 is 2.00 bits per heavy atom. The van der Waals surface area contributed by atoms with E-state index in [0.717, 1.165) is 0 Å². The molecule has 2 amide bonds. The van der Waals surface area contributed by atoms with Crippen molar-refractivity contribution in [2.45, 2.75) is 20.8 Å². The van der Waals surface area contributed by atoms with Crippen LogP contribution in [0.3, 0.4) is 0 Å². The minimum absolute atomic E-state index is 0.0456. The Kier molecular flexibility index (Phi) is 11.7. The summed E-state index contributed by atoms with van der Waals surface area (Å²) in [4.78, 5) is 22.3. The third-order valence-electron chi connectivity index (χ3n) is 2.40. The highest BCUT2D eigenvalue weighted by Gasteiger charge is 2.02. The summed E-state index contributed by atoms with van der Waals surface area (Å²) >= 11 is 0. The summed E-state index contributed by atoms with van der Waals surface area (Å²) in [5, 5.41) is 2.58. The molecule has 0 spiro atoms. The van der Waals surface area contributed by atoms with E-state index >= 15 is 0 Å². The highest BCUT2D eigenvalue weighted by Crippen LogP contribution is 2.12. The predicted molar refractivity (Wildman–Crippen MR) is 89.1 cm³/mol. The van der Waals surface area contributed by atoms with E-state index in [9.17, 15) is 9.59 Å². The van der Waals surface area contributed by atoms with Crippen LogP contribution in [0.15, 0.2) is 24.3 Å². The molecule has 0 radical (unpaired) electrons. The number of nitrogens with one attached hydrogen (secondary N) is 1. The summed E-state index contributed by atoms with van der Waals surface area (Å²) in [7, 11) is 0. The van der Waals surface area contributed by atoms with Crippen LogP contribution in [0.25, 0.3) is 0 Å². The van der Waals surface area contributed by atoms with Crippen molar-refractivity contribution in [1.29, 1.82) is 0 Å². The largest absolute Gasteiger partial charge is 0.491 e. The Morgan fingerprint density at radius 3 is 2.65 bits per heavy atom. The second kappa shape index (κ2) is 13.2. The first kappa shape index (κ1) is 20.5. The average molecular weight is 320 g/mol. The van der Waals surface area contributed by atoms with Gasteiger partial charge in [0.25, 0.3) is 0 Å². The van der Waals surface area contributed by atoms with Crippen LogP contribution < -0.4 is 15.8 Å². The number of carbonyl (C=O) groups excluding carboxylic acids is 2. The lowest BCUT2D eigenvalue weighted by molar-refractivity contribution is -0.125. The van der Waals surface area contributed by atoms with Gasteiger partial charge < -0.3 is 20.5 Å². The van der Waals surface area contributed by atoms with Gasteiger partial charge in [-0.1, -0.05) is 25.8 Å². The van der Waals surface area contributed by atoms with E-state index in [2.05, 4.69) is 17.2 Å². The standard InChI is InChI=1S/C15H18N2O4.C2H6/c1-2-3-7-17-14(18)11-20-8-9-21-13-6-4-5-12(10-13)15(16)19;1-2/h4-6,10H,7-9,11H2,1H3,(H2,16,19)(H,17,18);1-2H3. The van der Waals surface area contributed by atoms with Gasteiger partial charge in [0.2, 0.25) is 11.8 Å². The molecule has 1 aromatic rings. The van der Waals surface area contributed by atoms with Gasteiger partial charge in [-0.3, -0.25) is 9.59 Å². The zero-order chi connectivity index (χ0) is 17.5. The Hall–Kier alpha value is -2.52. The SMILES string of the molecule is CC.CC#CCNC(=O)COCCOc1cccc(C(N)=O)c1. The second-order valence-corrected chi connectivity index (χ2v) is 4.00. The van der Waals surface area contributed by atoms with E-state index in [1.165, 1.54) is 0 Å². The van der Waals surface area contributed by atoms with Crippen molar-refractivity contribution >= 4 is 11.8 Å². The number of primary amides is 1. The average Bonchev–Trinajstić information content (AvgIpc) is 2.57. The number of amides is 2. The molecule has 0 aromatic heterocycles. The van der Waals surface area contributed by atoms with Crippen molar-refractivity contribution in [3.63, 3.8) is 0 Å². The minimum atomic E-state index is -0.511. The van der Waals surface area contributed by atoms with E-state index in [1.54, 1.807) is 31.2 Å². The Morgan fingerprint density at radius 1 is 1.26 bits per heavy atom. The van der Waals surface area contributed by atoms with Crippen molar-refractivity contribution in [2.75, 3.05) is 26.4 Å². The molecule has 0 saturated carbocycles. The third kappa shape index (κ3) is 9.93. The van der Waals surface area contributed by atoms with E-state index in [-0.39, 0.29) is 25.7 Å². The number of nitrogens with two attached hydrogens (primary N) is 1. The van der Waals surface area contributed by atoms with E-state index in [0.29, 0.717) is 17.9 Å². The summed E-state index contributed by atoms with van der Waals surface area (Å²) < 4.78 is 10.5. The fourth-order valence-electron chi connectivity index (χ4n) is 1.40. The molecule has 0 aliphatic carbocycles. The molecule has 0 aliphatic heterocycles. The molecule has 126 valence electrons. The molecular weight excluding hydrogens is 296 g/mol. The Balaban J connectivity index is 0.00000232. The molecule has 0 bridgehead atoms. The van der Waals surface area contributed by atoms with Crippen LogP contribution in [0, 0.1) is 11.8 Å². The number of hydrogen-bond donors (Lipinski definition) is 2. The fourth-order valence-corrected chi connectivity index (χ4v) is 1.40. The monoisotopic (exact) mass is 320 g/mol. The van der Waals surface area contributed by atoms with Gasteiger partial charge in [-0.15, -0.1) is 5.92 Å². The van der Waals surface area contributed by atoms with Gasteiger partial charge in [0.05, 0.1) is 13.2 Å². The summed E-state index contributed by atoms with van der Waals surface area (Å²) in [6.45, 7) is 6.50. The van der Waals surface area contributed by atoms with Crippen LogP contribution in [0.4, 0.5) is 0 Å². The summed E-state index contributed by atoms with van der Waals surface area (Å²) in [5.41, 5.74) is 5.55. The van der Waals surface area contributed by atoms with Gasteiger partial charge in [0.1, 0.15) is 19.0 Å². The van der Waals surface area contributed by atoms with Crippen molar-refractivity contribution < 1.29 is 19.1 Å². The van der Waals surface area contributed by atoms with Crippen LogP contribution in [-0.4, -0.2) is 38.2 Å². The topological polar surface area (TPSA) is 90.7 Å². The molecule has 23 heavy (non-hydrogen) atoms. The maximum atomic E-state index is 11.3. The van der Waals surface area contributed by atoms with Crippen molar-refractivity contribution in [1.82, 2.24) is 5.32 Å². The maximum absolute atomic E-state index is 11.3. The van der Waals surface area contributed by atoms with Crippen LogP contribution >= 0.6 is 0 Å². The van der Waals surface area contributed by atoms with Crippen molar-refractivity contribution in [3.05, 3.63) is 29.8 Å². The third-order valence-corrected chi connectivity index (χ3v) is 2.40. The molecule has 0 aliphatic rings. The first-order chi connectivity index (χ1) is 11.1. The van der Waals surface area contributed by atoms with Gasteiger partial charge in [-0.05, 0) is 25.1 Å². The maximum Gasteiger partial charge on any atom is 0.248 e. The van der Waals surface area contributed by atoms with Gasteiger partial charge >= 0.3 is 0 Å². The summed E-state index contributed by atoms with van der Waals surface area (Å²) in [6, 6.07) is 6.55. The first-order valence-electron chi connectivity index (χ1n) is 7.40. The second-order valence-electron chi connectivity index (χ2n) is 4.00. The molecule has 1 aromatic carbocycles. The van der Waals surface area contributed by atoms with Crippen molar-refractivity contribution in [2.24, 2.45) is 5.73 Å². The Bertz CT molecular complexity index is 547. The summed E-state index contributed by atoms with van der Waals surface area (Å²) in [5.74, 6) is 5.17. The van der Waals surface area contributed by atoms with E-state index < -0.39 is 5.91 Å². The molecular formula is C17H24N2O4. The van der Waals surface area contributed by atoms with Gasteiger partial charge in [-0.2, -0.15) is 0 Å². The minimum Gasteiger partial charge on any atom is -0.491 e. The number of ether oxygens (including phenoxy) is 2. The lowest BCUT2D eigenvalue weighted by Gasteiger charge is -2.07. The molecule has 6 nitrogen and oxygen atoms in total. The number of benzene rings is 1. The summed E-state index contributed by atoms with van der Waals surface area (Å²) in [6.07, 6.45) is 0. The molecule has 0 atom stereocenters. The molecule has 0 saturated heterocycles. The van der Waals surface area contributed by atoms with E-state index in [1.807, 2.05) is 13.8 Å². The molecule has 0 fully saturated rings. The molecule has 1 rings (SSSR count). The lowest BCUT2D eigenvalue weighted by atomic mass is 10.2. The molecule has 3 N–H and O–H groups in total. The Labute approximate surface area is 137 Å². The van der Waals surface area contributed by atoms with Gasteiger partial charge in [0, 0.05) is 5.56 Å². The van der Waals surface area contributed by atoms with Gasteiger partial charge in [-0.25, -0.2) is 0 Å². The number of hydrogen-bond acceptors (Lipinski definition) is 4. The normalized spacial score (nSPS) is 8.83. The number of carbonyl (C=O) groups is 2. The van der Waals surface area contributed by atoms with E-state index in [4.69, 9.17) is 15.2 Å². The van der Waals surface area contributed by atoms with Crippen LogP contribution in [0.5, 0.6) is 5.75 Å². The molecule has 0 unspecified atom stereocenters.